The molecular weight excluding hydrogens is 302 g/mol. The number of esters is 1. The third-order valence-corrected chi connectivity index (χ3v) is 3.70. The molecule has 0 bridgehead atoms. The third kappa shape index (κ3) is 5.10. The zero-order valence-electron chi connectivity index (χ0n) is 14.7. The van der Waals surface area contributed by atoms with Crippen molar-refractivity contribution in [2.24, 2.45) is 5.41 Å². The van der Waals surface area contributed by atoms with Crippen LogP contribution >= 0.6 is 0 Å². The summed E-state index contributed by atoms with van der Waals surface area (Å²) >= 11 is 0. The molecule has 0 aliphatic rings. The van der Waals surface area contributed by atoms with Crippen molar-refractivity contribution >= 4 is 17.3 Å². The summed E-state index contributed by atoms with van der Waals surface area (Å²) in [6.07, 6.45) is 0.257. The van der Waals surface area contributed by atoms with E-state index in [1.807, 2.05) is 36.4 Å². The first-order chi connectivity index (χ1) is 11.3. The number of anilines is 2. The van der Waals surface area contributed by atoms with E-state index in [0.717, 1.165) is 23.4 Å². The van der Waals surface area contributed by atoms with Gasteiger partial charge in [-0.05, 0) is 53.8 Å². The average molecular weight is 327 g/mol. The number of aliphatic hydroxyl groups is 1. The van der Waals surface area contributed by atoms with Crippen LogP contribution in [0.15, 0.2) is 48.5 Å². The molecule has 128 valence electrons. The molecule has 0 aliphatic carbocycles. The number of methoxy groups -OCH3 is 1. The van der Waals surface area contributed by atoms with Crippen molar-refractivity contribution in [1.29, 1.82) is 0 Å². The monoisotopic (exact) mass is 327 g/mol. The van der Waals surface area contributed by atoms with Gasteiger partial charge in [0.1, 0.15) is 0 Å². The summed E-state index contributed by atoms with van der Waals surface area (Å²) in [7, 11) is 1.37. The number of carbonyl (C=O) groups is 1. The SMILES string of the molecule is COC(=O)c1ccc(Nc2ccc(C(O)CC(C)(C)C)cc2)cc1. The number of ether oxygens (including phenoxy) is 1. The van der Waals surface area contributed by atoms with E-state index in [0.29, 0.717) is 5.56 Å². The summed E-state index contributed by atoms with van der Waals surface area (Å²) in [5, 5.41) is 13.5. The number of nitrogens with one attached hydrogen (secondary N) is 1. The fraction of sp³-hybridized carbons (Fsp3) is 0.350. The summed E-state index contributed by atoms with van der Waals surface area (Å²) in [6.45, 7) is 6.35. The minimum Gasteiger partial charge on any atom is -0.465 e. The highest BCUT2D eigenvalue weighted by Gasteiger charge is 2.17. The molecule has 4 heteroatoms. The van der Waals surface area contributed by atoms with Crippen molar-refractivity contribution < 1.29 is 14.6 Å². The van der Waals surface area contributed by atoms with E-state index in [2.05, 4.69) is 30.8 Å². The summed E-state index contributed by atoms with van der Waals surface area (Å²) in [6, 6.07) is 14.8. The van der Waals surface area contributed by atoms with Gasteiger partial charge in [-0.25, -0.2) is 4.79 Å². The molecule has 2 aromatic carbocycles. The van der Waals surface area contributed by atoms with E-state index in [9.17, 15) is 9.90 Å². The Hall–Kier alpha value is -2.33. The number of aliphatic hydroxyl groups excluding tert-OH is 1. The van der Waals surface area contributed by atoms with Crippen molar-refractivity contribution in [1.82, 2.24) is 0 Å². The first-order valence-corrected chi connectivity index (χ1v) is 8.02. The zero-order chi connectivity index (χ0) is 17.7. The molecule has 1 unspecified atom stereocenters. The first-order valence-electron chi connectivity index (χ1n) is 8.02. The second-order valence-electron chi connectivity index (χ2n) is 7.10. The molecule has 0 spiro atoms. The Bertz CT molecular complexity index is 670. The lowest BCUT2D eigenvalue weighted by atomic mass is 9.87. The van der Waals surface area contributed by atoms with Crippen LogP contribution in [0.2, 0.25) is 0 Å². The number of rotatable bonds is 5. The van der Waals surface area contributed by atoms with Crippen LogP contribution in [0.4, 0.5) is 11.4 Å². The first kappa shape index (κ1) is 18.0. The van der Waals surface area contributed by atoms with E-state index in [-0.39, 0.29) is 11.4 Å². The quantitative estimate of drug-likeness (QED) is 0.782. The van der Waals surface area contributed by atoms with Gasteiger partial charge < -0.3 is 15.2 Å². The standard InChI is InChI=1S/C20H25NO3/c1-20(2,3)13-18(22)14-5-9-16(10-6-14)21-17-11-7-15(8-12-17)19(23)24-4/h5-12,18,21-22H,13H2,1-4H3. The Morgan fingerprint density at radius 1 is 1.04 bits per heavy atom. The topological polar surface area (TPSA) is 58.6 Å². The van der Waals surface area contributed by atoms with Gasteiger partial charge in [-0.15, -0.1) is 0 Å². The number of hydrogen-bond donors (Lipinski definition) is 2. The van der Waals surface area contributed by atoms with Gasteiger partial charge in [-0.3, -0.25) is 0 Å². The molecule has 2 N–H and O–H groups in total. The fourth-order valence-electron chi connectivity index (χ4n) is 2.46. The second-order valence-corrected chi connectivity index (χ2v) is 7.10. The lowest BCUT2D eigenvalue weighted by Crippen LogP contribution is -2.11. The highest BCUT2D eigenvalue weighted by Crippen LogP contribution is 2.30. The van der Waals surface area contributed by atoms with Crippen molar-refractivity contribution in [3.8, 4) is 0 Å². The predicted molar refractivity (Wildman–Crippen MR) is 96.5 cm³/mol. The Kier molecular flexibility index (Phi) is 5.62. The highest BCUT2D eigenvalue weighted by molar-refractivity contribution is 5.89. The van der Waals surface area contributed by atoms with E-state index >= 15 is 0 Å². The van der Waals surface area contributed by atoms with Gasteiger partial charge in [0.05, 0.1) is 18.8 Å². The van der Waals surface area contributed by atoms with Crippen LogP contribution in [0.3, 0.4) is 0 Å². The maximum atomic E-state index is 11.4. The average Bonchev–Trinajstić information content (AvgIpc) is 2.54. The molecule has 24 heavy (non-hydrogen) atoms. The summed E-state index contributed by atoms with van der Waals surface area (Å²) < 4.78 is 4.68. The lowest BCUT2D eigenvalue weighted by molar-refractivity contribution is 0.0600. The largest absolute Gasteiger partial charge is 0.465 e. The molecular formula is C20H25NO3. The van der Waals surface area contributed by atoms with Crippen LogP contribution in [0.25, 0.3) is 0 Å². The molecule has 0 aliphatic heterocycles. The maximum Gasteiger partial charge on any atom is 0.337 e. The second kappa shape index (κ2) is 7.49. The van der Waals surface area contributed by atoms with Crippen LogP contribution in [0, 0.1) is 5.41 Å². The van der Waals surface area contributed by atoms with Gasteiger partial charge in [0.15, 0.2) is 0 Å². The van der Waals surface area contributed by atoms with Gasteiger partial charge in [0.25, 0.3) is 0 Å². The van der Waals surface area contributed by atoms with E-state index in [1.54, 1.807) is 12.1 Å². The molecule has 1 atom stereocenters. The molecule has 0 saturated carbocycles. The van der Waals surface area contributed by atoms with Gasteiger partial charge in [0.2, 0.25) is 0 Å². The molecule has 2 rings (SSSR count). The summed E-state index contributed by atoms with van der Waals surface area (Å²) in [5.74, 6) is -0.348. The number of carbonyl (C=O) groups excluding carboxylic acids is 1. The van der Waals surface area contributed by atoms with E-state index in [4.69, 9.17) is 0 Å². The number of benzene rings is 2. The Balaban J connectivity index is 2.02. The Morgan fingerprint density at radius 2 is 1.54 bits per heavy atom. The van der Waals surface area contributed by atoms with Gasteiger partial charge in [-0.1, -0.05) is 32.9 Å². The van der Waals surface area contributed by atoms with Crippen LogP contribution in [0.1, 0.15) is 49.2 Å². The molecule has 0 amide bonds. The van der Waals surface area contributed by atoms with Gasteiger partial charge in [-0.2, -0.15) is 0 Å². The molecule has 2 aromatic rings. The minimum atomic E-state index is -0.460. The summed E-state index contributed by atoms with van der Waals surface area (Å²) in [5.41, 5.74) is 3.32. The van der Waals surface area contributed by atoms with Gasteiger partial charge >= 0.3 is 5.97 Å². The van der Waals surface area contributed by atoms with Crippen molar-refractivity contribution in [2.75, 3.05) is 12.4 Å². The van der Waals surface area contributed by atoms with Crippen LogP contribution in [-0.4, -0.2) is 18.2 Å². The number of hydrogen-bond acceptors (Lipinski definition) is 4. The molecule has 0 radical (unpaired) electrons. The van der Waals surface area contributed by atoms with Crippen molar-refractivity contribution in [3.63, 3.8) is 0 Å². The molecule has 0 heterocycles. The summed E-state index contributed by atoms with van der Waals surface area (Å²) in [4.78, 5) is 11.4. The molecule has 0 aromatic heterocycles. The van der Waals surface area contributed by atoms with Crippen LogP contribution in [0.5, 0.6) is 0 Å². The lowest BCUT2D eigenvalue weighted by Gasteiger charge is -2.22. The fourth-order valence-corrected chi connectivity index (χ4v) is 2.46. The minimum absolute atomic E-state index is 0.0811. The Labute approximate surface area is 143 Å². The van der Waals surface area contributed by atoms with Crippen molar-refractivity contribution in [3.05, 3.63) is 59.7 Å². The molecule has 0 fully saturated rings. The van der Waals surface area contributed by atoms with E-state index in [1.165, 1.54) is 7.11 Å². The maximum absolute atomic E-state index is 11.4. The molecule has 0 saturated heterocycles. The predicted octanol–water partition coefficient (Wildman–Crippen LogP) is 4.69. The molecule has 4 nitrogen and oxygen atoms in total. The Morgan fingerprint density at radius 3 is 2.00 bits per heavy atom. The van der Waals surface area contributed by atoms with Gasteiger partial charge in [0, 0.05) is 11.4 Å². The smallest absolute Gasteiger partial charge is 0.337 e. The normalized spacial score (nSPS) is 12.5. The van der Waals surface area contributed by atoms with Crippen LogP contribution < -0.4 is 5.32 Å². The zero-order valence-corrected chi connectivity index (χ0v) is 14.7. The highest BCUT2D eigenvalue weighted by atomic mass is 16.5. The van der Waals surface area contributed by atoms with E-state index < -0.39 is 6.10 Å². The van der Waals surface area contributed by atoms with Crippen LogP contribution in [-0.2, 0) is 4.74 Å². The third-order valence-electron chi connectivity index (χ3n) is 3.70. The van der Waals surface area contributed by atoms with Crippen molar-refractivity contribution in [2.45, 2.75) is 33.3 Å².